The van der Waals surface area contributed by atoms with Gasteiger partial charge in [-0.05, 0) is 25.5 Å². The van der Waals surface area contributed by atoms with Crippen molar-refractivity contribution in [2.45, 2.75) is 19.4 Å². The average molecular weight is 256 g/mol. The second-order valence-corrected chi connectivity index (χ2v) is 5.00. The first-order valence-electron chi connectivity index (χ1n) is 6.49. The van der Waals surface area contributed by atoms with Crippen molar-refractivity contribution in [3.8, 4) is 0 Å². The smallest absolute Gasteiger partial charge is 0.163 e. The Morgan fingerprint density at radius 1 is 1.42 bits per heavy atom. The Morgan fingerprint density at radius 3 is 2.89 bits per heavy atom. The van der Waals surface area contributed by atoms with Crippen LogP contribution < -0.4 is 4.90 Å². The van der Waals surface area contributed by atoms with Gasteiger partial charge in [-0.3, -0.25) is 4.79 Å². The van der Waals surface area contributed by atoms with Crippen molar-refractivity contribution < 1.29 is 9.90 Å². The fourth-order valence-electron chi connectivity index (χ4n) is 2.54. The number of nitrogens with zero attached hydrogens (tertiary/aromatic N) is 2. The van der Waals surface area contributed by atoms with Gasteiger partial charge in [0.05, 0.1) is 17.2 Å². The van der Waals surface area contributed by atoms with Crippen molar-refractivity contribution >= 4 is 22.5 Å². The fourth-order valence-corrected chi connectivity index (χ4v) is 2.54. The van der Waals surface area contributed by atoms with Crippen LogP contribution in [0.15, 0.2) is 30.3 Å². The lowest BCUT2D eigenvalue weighted by molar-refractivity contribution is 0.101. The van der Waals surface area contributed by atoms with Crippen LogP contribution in [0.2, 0.25) is 0 Å². The molecule has 2 aromatic rings. The predicted octanol–water partition coefficient (Wildman–Crippen LogP) is 2.01. The zero-order chi connectivity index (χ0) is 13.4. The minimum absolute atomic E-state index is 0.00893. The zero-order valence-corrected chi connectivity index (χ0v) is 10.8. The predicted molar refractivity (Wildman–Crippen MR) is 74.6 cm³/mol. The number of β-amino-alcohol motifs (C(OH)–C–C–N with tert-alkyl or cyclic N) is 1. The molecule has 1 fully saturated rings. The molecule has 1 unspecified atom stereocenters. The van der Waals surface area contributed by atoms with Crippen LogP contribution in [-0.4, -0.2) is 35.1 Å². The maximum atomic E-state index is 11.8. The lowest BCUT2D eigenvalue weighted by atomic mass is 10.1. The van der Waals surface area contributed by atoms with Gasteiger partial charge in [0, 0.05) is 18.5 Å². The summed E-state index contributed by atoms with van der Waals surface area (Å²) in [6.07, 6.45) is 0.402. The minimum Gasteiger partial charge on any atom is -0.391 e. The first-order chi connectivity index (χ1) is 9.15. The van der Waals surface area contributed by atoms with Gasteiger partial charge in [0.25, 0.3) is 0 Å². The van der Waals surface area contributed by atoms with Gasteiger partial charge in [0.1, 0.15) is 5.82 Å². The molecule has 2 heterocycles. The van der Waals surface area contributed by atoms with Gasteiger partial charge in [-0.15, -0.1) is 0 Å². The number of aromatic nitrogens is 1. The second-order valence-electron chi connectivity index (χ2n) is 5.00. The Labute approximate surface area is 111 Å². The third-order valence-corrected chi connectivity index (χ3v) is 3.55. The molecule has 1 aliphatic heterocycles. The summed E-state index contributed by atoms with van der Waals surface area (Å²) in [7, 11) is 0. The molecular weight excluding hydrogens is 240 g/mol. The van der Waals surface area contributed by atoms with Crippen LogP contribution in [0.3, 0.4) is 0 Å². The minimum atomic E-state index is -0.326. The highest BCUT2D eigenvalue weighted by Gasteiger charge is 2.25. The Hall–Kier alpha value is -1.94. The molecule has 98 valence electrons. The molecule has 0 aliphatic carbocycles. The van der Waals surface area contributed by atoms with Gasteiger partial charge < -0.3 is 10.0 Å². The molecule has 3 rings (SSSR count). The van der Waals surface area contributed by atoms with Gasteiger partial charge in [-0.25, -0.2) is 4.98 Å². The van der Waals surface area contributed by atoms with Gasteiger partial charge in [0.2, 0.25) is 0 Å². The van der Waals surface area contributed by atoms with Crippen LogP contribution in [0, 0.1) is 0 Å². The molecule has 0 saturated carbocycles. The summed E-state index contributed by atoms with van der Waals surface area (Å²) in [5, 5.41) is 10.6. The largest absolute Gasteiger partial charge is 0.391 e. The Balaban J connectivity index is 2.15. The molecule has 1 aliphatic rings. The number of anilines is 1. The van der Waals surface area contributed by atoms with Crippen molar-refractivity contribution in [2.24, 2.45) is 0 Å². The van der Waals surface area contributed by atoms with Gasteiger partial charge >= 0.3 is 0 Å². The average Bonchev–Trinajstić information content (AvgIpc) is 2.83. The highest BCUT2D eigenvalue weighted by Crippen LogP contribution is 2.26. The molecule has 1 atom stereocenters. The van der Waals surface area contributed by atoms with Crippen molar-refractivity contribution in [2.75, 3.05) is 18.0 Å². The molecule has 1 saturated heterocycles. The summed E-state index contributed by atoms with van der Waals surface area (Å²) in [6.45, 7) is 2.85. The molecule has 19 heavy (non-hydrogen) atoms. The number of benzene rings is 1. The van der Waals surface area contributed by atoms with E-state index in [0.717, 1.165) is 23.9 Å². The maximum absolute atomic E-state index is 11.8. The molecule has 0 radical (unpaired) electrons. The summed E-state index contributed by atoms with van der Waals surface area (Å²) in [5.74, 6) is 0.706. The number of Topliss-reactive ketones (excluding diaryl/α,β-unsaturated/α-hetero) is 1. The van der Waals surface area contributed by atoms with Crippen molar-refractivity contribution in [1.82, 2.24) is 4.98 Å². The first-order valence-corrected chi connectivity index (χ1v) is 6.49. The Morgan fingerprint density at radius 2 is 2.21 bits per heavy atom. The number of hydrogen-bond donors (Lipinski definition) is 1. The molecule has 1 N–H and O–H groups in total. The maximum Gasteiger partial charge on any atom is 0.163 e. The van der Waals surface area contributed by atoms with E-state index in [0.29, 0.717) is 17.9 Å². The SMILES string of the molecule is CC(=O)c1cc2ccccc2nc1N1CCC(O)C1. The summed E-state index contributed by atoms with van der Waals surface area (Å²) < 4.78 is 0. The lowest BCUT2D eigenvalue weighted by Gasteiger charge is -2.20. The molecule has 0 spiro atoms. The Bertz CT molecular complexity index is 639. The molecule has 4 heteroatoms. The number of hydrogen-bond acceptors (Lipinski definition) is 4. The summed E-state index contributed by atoms with van der Waals surface area (Å²) in [5.41, 5.74) is 1.51. The van der Waals surface area contributed by atoms with Crippen molar-refractivity contribution in [3.05, 3.63) is 35.9 Å². The zero-order valence-electron chi connectivity index (χ0n) is 10.8. The van der Waals surface area contributed by atoms with Crippen molar-refractivity contribution in [3.63, 3.8) is 0 Å². The molecule has 0 bridgehead atoms. The van der Waals surface area contributed by atoms with Crippen LogP contribution in [0.4, 0.5) is 5.82 Å². The van der Waals surface area contributed by atoms with E-state index in [1.54, 1.807) is 6.92 Å². The molecule has 1 aromatic heterocycles. The first kappa shape index (κ1) is 12.1. The quantitative estimate of drug-likeness (QED) is 0.835. The second kappa shape index (κ2) is 4.63. The highest BCUT2D eigenvalue weighted by molar-refractivity contribution is 6.02. The van der Waals surface area contributed by atoms with Crippen LogP contribution >= 0.6 is 0 Å². The van der Waals surface area contributed by atoms with E-state index in [2.05, 4.69) is 4.98 Å². The summed E-state index contributed by atoms with van der Waals surface area (Å²) in [6, 6.07) is 9.66. The van der Waals surface area contributed by atoms with Crippen LogP contribution in [0.1, 0.15) is 23.7 Å². The van der Waals surface area contributed by atoms with Crippen LogP contribution in [0.25, 0.3) is 10.9 Å². The summed E-state index contributed by atoms with van der Waals surface area (Å²) in [4.78, 5) is 18.4. The topological polar surface area (TPSA) is 53.4 Å². The molecule has 0 amide bonds. The number of pyridine rings is 1. The normalized spacial score (nSPS) is 19.1. The number of aliphatic hydroxyl groups is 1. The number of para-hydroxylation sites is 1. The Kier molecular flexibility index (Phi) is 2.95. The van der Waals surface area contributed by atoms with E-state index in [1.807, 2.05) is 35.2 Å². The van der Waals surface area contributed by atoms with E-state index < -0.39 is 0 Å². The number of rotatable bonds is 2. The van der Waals surface area contributed by atoms with Gasteiger partial charge in [-0.2, -0.15) is 0 Å². The molecular formula is C15H16N2O2. The molecule has 4 nitrogen and oxygen atoms in total. The summed E-state index contributed by atoms with van der Waals surface area (Å²) >= 11 is 0. The highest BCUT2D eigenvalue weighted by atomic mass is 16.3. The van der Waals surface area contributed by atoms with Gasteiger partial charge in [-0.1, -0.05) is 18.2 Å². The number of ketones is 1. The third kappa shape index (κ3) is 2.19. The lowest BCUT2D eigenvalue weighted by Crippen LogP contribution is -2.24. The standard InChI is InChI=1S/C15H16N2O2/c1-10(18)13-8-11-4-2-3-5-14(11)16-15(13)17-7-6-12(19)9-17/h2-5,8,12,19H,6-7,9H2,1H3. The monoisotopic (exact) mass is 256 g/mol. The van der Waals surface area contributed by atoms with Crippen molar-refractivity contribution in [1.29, 1.82) is 0 Å². The van der Waals surface area contributed by atoms with E-state index in [-0.39, 0.29) is 11.9 Å². The fraction of sp³-hybridized carbons (Fsp3) is 0.333. The van der Waals surface area contributed by atoms with Crippen LogP contribution in [-0.2, 0) is 0 Å². The van der Waals surface area contributed by atoms with E-state index in [9.17, 15) is 9.90 Å². The number of fused-ring (bicyclic) bond motifs is 1. The third-order valence-electron chi connectivity index (χ3n) is 3.55. The van der Waals surface area contributed by atoms with E-state index in [4.69, 9.17) is 0 Å². The molecule has 1 aromatic carbocycles. The van der Waals surface area contributed by atoms with E-state index in [1.165, 1.54) is 0 Å². The van der Waals surface area contributed by atoms with Gasteiger partial charge in [0.15, 0.2) is 5.78 Å². The van der Waals surface area contributed by atoms with Crippen LogP contribution in [0.5, 0.6) is 0 Å². The van der Waals surface area contributed by atoms with E-state index >= 15 is 0 Å². The number of aliphatic hydroxyl groups excluding tert-OH is 1. The number of carbonyl (C=O) groups is 1. The number of carbonyl (C=O) groups excluding carboxylic acids is 1.